The van der Waals surface area contributed by atoms with Crippen molar-refractivity contribution in [1.82, 2.24) is 15.3 Å². The number of benzene rings is 1. The van der Waals surface area contributed by atoms with Crippen molar-refractivity contribution in [2.45, 2.75) is 13.0 Å². The minimum atomic E-state index is -0.171. The van der Waals surface area contributed by atoms with Gasteiger partial charge in [0.05, 0.1) is 6.04 Å². The molecule has 2 heterocycles. The van der Waals surface area contributed by atoms with Crippen LogP contribution in [-0.2, 0) is 0 Å². The summed E-state index contributed by atoms with van der Waals surface area (Å²) < 4.78 is 0. The van der Waals surface area contributed by atoms with Crippen molar-refractivity contribution in [3.8, 4) is 10.6 Å². The molecule has 1 N–H and O–H groups in total. The second-order valence-corrected chi connectivity index (χ2v) is 5.74. The Bertz CT molecular complexity index is 756. The van der Waals surface area contributed by atoms with E-state index >= 15 is 0 Å². The van der Waals surface area contributed by atoms with Gasteiger partial charge in [0.2, 0.25) is 0 Å². The Morgan fingerprint density at radius 3 is 2.73 bits per heavy atom. The van der Waals surface area contributed by atoms with E-state index in [-0.39, 0.29) is 11.9 Å². The summed E-state index contributed by atoms with van der Waals surface area (Å²) in [7, 11) is 0. The van der Waals surface area contributed by atoms with E-state index in [2.05, 4.69) is 15.3 Å². The average Bonchev–Trinajstić information content (AvgIpc) is 3.06. The molecule has 4 nitrogen and oxygen atoms in total. The van der Waals surface area contributed by atoms with E-state index in [0.29, 0.717) is 5.69 Å². The van der Waals surface area contributed by atoms with Crippen molar-refractivity contribution in [3.63, 3.8) is 0 Å². The summed E-state index contributed by atoms with van der Waals surface area (Å²) in [5, 5.41) is 5.57. The first kappa shape index (κ1) is 14.4. The van der Waals surface area contributed by atoms with E-state index in [9.17, 15) is 4.79 Å². The van der Waals surface area contributed by atoms with Crippen molar-refractivity contribution in [3.05, 3.63) is 71.5 Å². The average molecular weight is 309 g/mol. The second-order valence-electron chi connectivity index (χ2n) is 4.89. The number of nitrogens with zero attached hydrogens (tertiary/aromatic N) is 2. The summed E-state index contributed by atoms with van der Waals surface area (Å²) >= 11 is 1.47. The van der Waals surface area contributed by atoms with Gasteiger partial charge in [-0.3, -0.25) is 9.78 Å². The SMILES string of the molecule is CC(NC(=O)c1csc(-c2ccccc2)n1)c1cccnc1. The van der Waals surface area contributed by atoms with Crippen LogP contribution in [0.25, 0.3) is 10.6 Å². The molecule has 22 heavy (non-hydrogen) atoms. The highest BCUT2D eigenvalue weighted by molar-refractivity contribution is 7.13. The standard InChI is InChI=1S/C17H15N3OS/c1-12(14-8-5-9-18-10-14)19-16(21)15-11-22-17(20-15)13-6-3-2-4-7-13/h2-12H,1H3,(H,19,21). The fourth-order valence-corrected chi connectivity index (χ4v) is 2.88. The van der Waals surface area contributed by atoms with Gasteiger partial charge in [-0.1, -0.05) is 36.4 Å². The summed E-state index contributed by atoms with van der Waals surface area (Å²) in [5.74, 6) is -0.171. The van der Waals surface area contributed by atoms with E-state index in [1.54, 1.807) is 17.8 Å². The van der Waals surface area contributed by atoms with Gasteiger partial charge in [0, 0.05) is 23.3 Å². The largest absolute Gasteiger partial charge is 0.344 e. The molecule has 0 saturated carbocycles. The molecule has 1 aromatic carbocycles. The first-order chi connectivity index (χ1) is 10.7. The lowest BCUT2D eigenvalue weighted by atomic mass is 10.1. The zero-order chi connectivity index (χ0) is 15.4. The molecule has 1 amide bonds. The number of carbonyl (C=O) groups excluding carboxylic acids is 1. The molecule has 0 aliphatic heterocycles. The second kappa shape index (κ2) is 6.49. The molecule has 0 fully saturated rings. The Morgan fingerprint density at radius 1 is 1.18 bits per heavy atom. The Balaban J connectivity index is 1.72. The molecule has 2 aromatic heterocycles. The summed E-state index contributed by atoms with van der Waals surface area (Å²) in [5.41, 5.74) is 2.43. The quantitative estimate of drug-likeness (QED) is 0.799. The Morgan fingerprint density at radius 2 is 2.00 bits per heavy atom. The molecule has 3 aromatic rings. The highest BCUT2D eigenvalue weighted by Crippen LogP contribution is 2.23. The Kier molecular flexibility index (Phi) is 4.25. The first-order valence-electron chi connectivity index (χ1n) is 6.96. The number of hydrogen-bond donors (Lipinski definition) is 1. The third-order valence-corrected chi connectivity index (χ3v) is 4.18. The monoisotopic (exact) mass is 309 g/mol. The van der Waals surface area contributed by atoms with Gasteiger partial charge < -0.3 is 5.32 Å². The van der Waals surface area contributed by atoms with Gasteiger partial charge in [0.1, 0.15) is 10.7 Å². The van der Waals surface area contributed by atoms with E-state index < -0.39 is 0 Å². The zero-order valence-corrected chi connectivity index (χ0v) is 12.9. The zero-order valence-electron chi connectivity index (χ0n) is 12.1. The molecule has 1 unspecified atom stereocenters. The van der Waals surface area contributed by atoms with Gasteiger partial charge in [-0.05, 0) is 18.6 Å². The van der Waals surface area contributed by atoms with E-state index in [0.717, 1.165) is 16.1 Å². The number of thiazole rings is 1. The summed E-state index contributed by atoms with van der Waals surface area (Å²) in [6, 6.07) is 13.5. The summed E-state index contributed by atoms with van der Waals surface area (Å²) in [4.78, 5) is 20.8. The van der Waals surface area contributed by atoms with Crippen molar-refractivity contribution in [2.24, 2.45) is 0 Å². The van der Waals surface area contributed by atoms with Crippen LogP contribution in [0, 0.1) is 0 Å². The lowest BCUT2D eigenvalue weighted by molar-refractivity contribution is 0.0935. The van der Waals surface area contributed by atoms with Crippen LogP contribution >= 0.6 is 11.3 Å². The lowest BCUT2D eigenvalue weighted by Gasteiger charge is -2.12. The van der Waals surface area contributed by atoms with Gasteiger partial charge >= 0.3 is 0 Å². The van der Waals surface area contributed by atoms with Gasteiger partial charge in [0.25, 0.3) is 5.91 Å². The van der Waals surface area contributed by atoms with Crippen LogP contribution < -0.4 is 5.32 Å². The molecular formula is C17H15N3OS. The summed E-state index contributed by atoms with van der Waals surface area (Å²) in [6.45, 7) is 1.93. The van der Waals surface area contributed by atoms with Crippen molar-refractivity contribution in [2.75, 3.05) is 0 Å². The number of aromatic nitrogens is 2. The first-order valence-corrected chi connectivity index (χ1v) is 7.84. The number of carbonyl (C=O) groups is 1. The van der Waals surface area contributed by atoms with Crippen LogP contribution in [0.15, 0.2) is 60.2 Å². The number of rotatable bonds is 4. The normalized spacial score (nSPS) is 11.9. The number of pyridine rings is 1. The van der Waals surface area contributed by atoms with E-state index in [1.807, 2.05) is 49.4 Å². The van der Waals surface area contributed by atoms with Crippen LogP contribution in [0.4, 0.5) is 0 Å². The maximum Gasteiger partial charge on any atom is 0.271 e. The maximum absolute atomic E-state index is 12.3. The Labute approximate surface area is 132 Å². The topological polar surface area (TPSA) is 54.9 Å². The van der Waals surface area contributed by atoms with E-state index in [1.165, 1.54) is 11.3 Å². The molecule has 5 heteroatoms. The van der Waals surface area contributed by atoms with Gasteiger partial charge in [-0.2, -0.15) is 0 Å². The molecule has 0 aliphatic carbocycles. The smallest absolute Gasteiger partial charge is 0.271 e. The third kappa shape index (κ3) is 3.20. The molecular weight excluding hydrogens is 294 g/mol. The molecule has 3 rings (SSSR count). The fourth-order valence-electron chi connectivity index (χ4n) is 2.08. The van der Waals surface area contributed by atoms with Crippen LogP contribution in [0.3, 0.4) is 0 Å². The number of nitrogens with one attached hydrogen (secondary N) is 1. The van der Waals surface area contributed by atoms with Crippen molar-refractivity contribution in [1.29, 1.82) is 0 Å². The molecule has 0 spiro atoms. The Hall–Kier alpha value is -2.53. The van der Waals surface area contributed by atoms with E-state index in [4.69, 9.17) is 0 Å². The molecule has 1 atom stereocenters. The van der Waals surface area contributed by atoms with Crippen molar-refractivity contribution >= 4 is 17.2 Å². The minimum Gasteiger partial charge on any atom is -0.344 e. The highest BCUT2D eigenvalue weighted by Gasteiger charge is 2.15. The van der Waals surface area contributed by atoms with Crippen LogP contribution in [0.5, 0.6) is 0 Å². The highest BCUT2D eigenvalue weighted by atomic mass is 32.1. The lowest BCUT2D eigenvalue weighted by Crippen LogP contribution is -2.26. The number of amides is 1. The van der Waals surface area contributed by atoms with Crippen molar-refractivity contribution < 1.29 is 4.79 Å². The van der Waals surface area contributed by atoms with Crippen LogP contribution in [0.2, 0.25) is 0 Å². The summed E-state index contributed by atoms with van der Waals surface area (Å²) in [6.07, 6.45) is 3.46. The minimum absolute atomic E-state index is 0.108. The molecule has 0 radical (unpaired) electrons. The maximum atomic E-state index is 12.3. The molecule has 110 valence electrons. The van der Waals surface area contributed by atoms with Gasteiger partial charge in [-0.15, -0.1) is 11.3 Å². The molecule has 0 bridgehead atoms. The number of hydrogen-bond acceptors (Lipinski definition) is 4. The third-order valence-electron chi connectivity index (χ3n) is 3.29. The predicted octanol–water partition coefficient (Wildman–Crippen LogP) is 3.70. The fraction of sp³-hybridized carbons (Fsp3) is 0.118. The molecule has 0 aliphatic rings. The van der Waals surface area contributed by atoms with Crippen LogP contribution in [-0.4, -0.2) is 15.9 Å². The van der Waals surface area contributed by atoms with Crippen LogP contribution in [0.1, 0.15) is 29.0 Å². The predicted molar refractivity (Wildman–Crippen MR) is 87.7 cm³/mol. The van der Waals surface area contributed by atoms with Gasteiger partial charge in [-0.25, -0.2) is 4.98 Å². The van der Waals surface area contributed by atoms with Gasteiger partial charge in [0.15, 0.2) is 0 Å². The molecule has 0 saturated heterocycles.